The van der Waals surface area contributed by atoms with Crippen molar-refractivity contribution in [1.82, 2.24) is 10.6 Å². The first-order valence-corrected chi connectivity index (χ1v) is 7.55. The quantitative estimate of drug-likeness (QED) is 0.735. The molecule has 1 aliphatic carbocycles. The maximum absolute atomic E-state index is 12.3. The summed E-state index contributed by atoms with van der Waals surface area (Å²) in [5.74, 6) is 0.421. The molecular formula is C17H23N3O. The number of nitriles is 1. The summed E-state index contributed by atoms with van der Waals surface area (Å²) in [6, 6.07) is 2.10. The van der Waals surface area contributed by atoms with Gasteiger partial charge in [0.2, 0.25) is 5.91 Å². The van der Waals surface area contributed by atoms with Gasteiger partial charge in [-0.05, 0) is 32.1 Å². The SMILES string of the molecule is C=C/C=C\C=C(/C)CC(C#N)NC(=O)C1NC2CCC1C2. The fraction of sp³-hybridized carbons (Fsp3) is 0.529. The number of nitrogens with zero attached hydrogens (tertiary/aromatic N) is 1. The molecule has 21 heavy (non-hydrogen) atoms. The van der Waals surface area contributed by atoms with E-state index in [9.17, 15) is 10.1 Å². The van der Waals surface area contributed by atoms with Crippen LogP contribution in [0.1, 0.15) is 32.6 Å². The number of hydrogen-bond donors (Lipinski definition) is 2. The highest BCUT2D eigenvalue weighted by Crippen LogP contribution is 2.35. The molecule has 4 nitrogen and oxygen atoms in total. The number of carbonyl (C=O) groups excluding carboxylic acids is 1. The average Bonchev–Trinajstić information content (AvgIpc) is 3.09. The minimum Gasteiger partial charge on any atom is -0.339 e. The lowest BCUT2D eigenvalue weighted by Crippen LogP contribution is -2.50. The third-order valence-corrected chi connectivity index (χ3v) is 4.27. The maximum atomic E-state index is 12.3. The van der Waals surface area contributed by atoms with Crippen molar-refractivity contribution in [2.45, 2.75) is 50.7 Å². The molecule has 0 aromatic rings. The van der Waals surface area contributed by atoms with Crippen LogP contribution in [0.2, 0.25) is 0 Å². The van der Waals surface area contributed by atoms with Gasteiger partial charge in [0.15, 0.2) is 0 Å². The average molecular weight is 285 g/mol. The molecule has 1 saturated heterocycles. The van der Waals surface area contributed by atoms with Gasteiger partial charge < -0.3 is 10.6 Å². The van der Waals surface area contributed by atoms with Gasteiger partial charge >= 0.3 is 0 Å². The molecule has 1 heterocycles. The van der Waals surface area contributed by atoms with Crippen molar-refractivity contribution in [3.8, 4) is 6.07 Å². The molecule has 4 heteroatoms. The van der Waals surface area contributed by atoms with Crippen molar-refractivity contribution in [1.29, 1.82) is 5.26 Å². The van der Waals surface area contributed by atoms with Crippen LogP contribution in [0.3, 0.4) is 0 Å². The van der Waals surface area contributed by atoms with Crippen LogP contribution >= 0.6 is 0 Å². The van der Waals surface area contributed by atoms with E-state index in [4.69, 9.17) is 0 Å². The predicted molar refractivity (Wildman–Crippen MR) is 83.3 cm³/mol. The van der Waals surface area contributed by atoms with Crippen LogP contribution in [0.4, 0.5) is 0 Å². The number of piperidine rings is 1. The van der Waals surface area contributed by atoms with Gasteiger partial charge in [-0.1, -0.05) is 36.5 Å². The zero-order valence-corrected chi connectivity index (χ0v) is 12.5. The molecule has 2 N–H and O–H groups in total. The fourth-order valence-corrected chi connectivity index (χ4v) is 3.23. The molecule has 4 unspecified atom stereocenters. The second kappa shape index (κ2) is 7.24. The Morgan fingerprint density at radius 3 is 2.90 bits per heavy atom. The van der Waals surface area contributed by atoms with Gasteiger partial charge in [-0.2, -0.15) is 5.26 Å². The molecule has 2 rings (SSSR count). The first kappa shape index (κ1) is 15.5. The van der Waals surface area contributed by atoms with Crippen LogP contribution in [0, 0.1) is 17.2 Å². The Morgan fingerprint density at radius 1 is 1.52 bits per heavy atom. The Morgan fingerprint density at radius 2 is 2.33 bits per heavy atom. The van der Waals surface area contributed by atoms with E-state index in [0.717, 1.165) is 18.4 Å². The van der Waals surface area contributed by atoms with Crippen molar-refractivity contribution in [3.05, 3.63) is 36.5 Å². The minimum atomic E-state index is -0.466. The van der Waals surface area contributed by atoms with E-state index in [2.05, 4.69) is 23.3 Å². The summed E-state index contributed by atoms with van der Waals surface area (Å²) in [7, 11) is 0. The molecular weight excluding hydrogens is 262 g/mol. The van der Waals surface area contributed by atoms with Gasteiger partial charge in [0.1, 0.15) is 6.04 Å². The van der Waals surface area contributed by atoms with Gasteiger partial charge in [-0.15, -0.1) is 0 Å². The van der Waals surface area contributed by atoms with E-state index in [1.807, 2.05) is 25.2 Å². The van der Waals surface area contributed by atoms with Gasteiger partial charge in [-0.3, -0.25) is 4.79 Å². The van der Waals surface area contributed by atoms with Crippen LogP contribution in [-0.4, -0.2) is 24.0 Å². The monoisotopic (exact) mass is 285 g/mol. The van der Waals surface area contributed by atoms with Gasteiger partial charge in [0.25, 0.3) is 0 Å². The third kappa shape index (κ3) is 4.05. The van der Waals surface area contributed by atoms with Crippen LogP contribution in [0.15, 0.2) is 36.5 Å². The highest BCUT2D eigenvalue weighted by atomic mass is 16.2. The zero-order valence-electron chi connectivity index (χ0n) is 12.5. The largest absolute Gasteiger partial charge is 0.339 e. The molecule has 0 spiro atoms. The van der Waals surface area contributed by atoms with Crippen LogP contribution in [0.25, 0.3) is 0 Å². The normalized spacial score (nSPS) is 29.3. The lowest BCUT2D eigenvalue weighted by molar-refractivity contribution is -0.124. The Balaban J connectivity index is 1.86. The lowest BCUT2D eigenvalue weighted by atomic mass is 9.98. The topological polar surface area (TPSA) is 64.9 Å². The van der Waals surface area contributed by atoms with E-state index >= 15 is 0 Å². The first-order chi connectivity index (χ1) is 10.1. The van der Waals surface area contributed by atoms with E-state index in [0.29, 0.717) is 18.4 Å². The van der Waals surface area contributed by atoms with Crippen LogP contribution < -0.4 is 10.6 Å². The first-order valence-electron chi connectivity index (χ1n) is 7.55. The van der Waals surface area contributed by atoms with Crippen molar-refractivity contribution < 1.29 is 4.79 Å². The van der Waals surface area contributed by atoms with Gasteiger partial charge in [0, 0.05) is 12.5 Å². The number of amides is 1. The molecule has 4 atom stereocenters. The van der Waals surface area contributed by atoms with E-state index < -0.39 is 6.04 Å². The summed E-state index contributed by atoms with van der Waals surface area (Å²) in [6.07, 6.45) is 11.3. The number of nitrogens with one attached hydrogen (secondary N) is 2. The molecule has 0 aromatic carbocycles. The second-order valence-electron chi connectivity index (χ2n) is 5.94. The van der Waals surface area contributed by atoms with Crippen LogP contribution in [-0.2, 0) is 4.79 Å². The van der Waals surface area contributed by atoms with E-state index in [-0.39, 0.29) is 11.9 Å². The van der Waals surface area contributed by atoms with Crippen molar-refractivity contribution in [2.75, 3.05) is 0 Å². The number of hydrogen-bond acceptors (Lipinski definition) is 3. The van der Waals surface area contributed by atoms with Gasteiger partial charge in [0.05, 0.1) is 12.1 Å². The second-order valence-corrected chi connectivity index (χ2v) is 5.94. The summed E-state index contributed by atoms with van der Waals surface area (Å²) in [6.45, 7) is 5.56. The minimum absolute atomic E-state index is 0.0248. The Hall–Kier alpha value is -1.86. The summed E-state index contributed by atoms with van der Waals surface area (Å²) in [5, 5.41) is 15.4. The standard InChI is InChI=1S/C17H23N3O/c1-3-4-5-6-12(2)9-15(11-18)20-17(21)16-13-7-8-14(10-13)19-16/h3-6,13-16,19H,1,7-10H2,2H3,(H,20,21)/b5-4-,12-6+. The Labute approximate surface area is 126 Å². The molecule has 1 amide bonds. The number of rotatable bonds is 6. The van der Waals surface area contributed by atoms with Crippen molar-refractivity contribution in [3.63, 3.8) is 0 Å². The molecule has 2 fully saturated rings. The smallest absolute Gasteiger partial charge is 0.238 e. The molecule has 1 saturated carbocycles. The molecule has 0 aromatic heterocycles. The van der Waals surface area contributed by atoms with Crippen molar-refractivity contribution in [2.24, 2.45) is 5.92 Å². The summed E-state index contributed by atoms with van der Waals surface area (Å²) >= 11 is 0. The number of allylic oxidation sites excluding steroid dienone is 4. The summed E-state index contributed by atoms with van der Waals surface area (Å²) < 4.78 is 0. The molecule has 1 aliphatic heterocycles. The number of carbonyl (C=O) groups is 1. The highest BCUT2D eigenvalue weighted by molar-refractivity contribution is 5.83. The molecule has 0 radical (unpaired) electrons. The van der Waals surface area contributed by atoms with Gasteiger partial charge in [-0.25, -0.2) is 0 Å². The Bertz CT molecular complexity index is 501. The highest BCUT2D eigenvalue weighted by Gasteiger charge is 2.42. The third-order valence-electron chi connectivity index (χ3n) is 4.27. The summed E-state index contributed by atoms with van der Waals surface area (Å²) in [4.78, 5) is 12.3. The summed E-state index contributed by atoms with van der Waals surface area (Å²) in [5.41, 5.74) is 1.06. The fourth-order valence-electron chi connectivity index (χ4n) is 3.23. The zero-order chi connectivity index (χ0) is 15.2. The van der Waals surface area contributed by atoms with Crippen LogP contribution in [0.5, 0.6) is 0 Å². The van der Waals surface area contributed by atoms with Crippen molar-refractivity contribution >= 4 is 5.91 Å². The maximum Gasteiger partial charge on any atom is 0.238 e. The lowest BCUT2D eigenvalue weighted by Gasteiger charge is -2.23. The van der Waals surface area contributed by atoms with E-state index in [1.54, 1.807) is 6.08 Å². The molecule has 112 valence electrons. The van der Waals surface area contributed by atoms with E-state index in [1.165, 1.54) is 6.42 Å². The molecule has 2 aliphatic rings. The Kier molecular flexibility index (Phi) is 5.35. The molecule has 2 bridgehead atoms. The predicted octanol–water partition coefficient (Wildman–Crippen LogP) is 2.21. The number of fused-ring (bicyclic) bond motifs is 2.